The molecule has 12 heavy (non-hydrogen) atoms. The molecule has 0 aliphatic carbocycles. The zero-order chi connectivity index (χ0) is 9.19. The fraction of sp³-hybridized carbons (Fsp3) is 0.500. The second kappa shape index (κ2) is 3.30. The van der Waals surface area contributed by atoms with Gasteiger partial charge in [-0.1, -0.05) is 52.0 Å². The number of hydrogen-bond acceptors (Lipinski definition) is 0. The highest BCUT2D eigenvalue weighted by atomic mass is 14.3. The summed E-state index contributed by atoms with van der Waals surface area (Å²) >= 11 is 0. The van der Waals surface area contributed by atoms with E-state index < -0.39 is 0 Å². The van der Waals surface area contributed by atoms with Gasteiger partial charge in [-0.05, 0) is 23.0 Å². The lowest BCUT2D eigenvalue weighted by atomic mass is 9.78. The quantitative estimate of drug-likeness (QED) is 0.590. The molecule has 0 amide bonds. The van der Waals surface area contributed by atoms with Gasteiger partial charge in [-0.2, -0.15) is 0 Å². The van der Waals surface area contributed by atoms with Crippen molar-refractivity contribution in [3.63, 3.8) is 0 Å². The zero-order valence-corrected chi connectivity index (χ0v) is 8.39. The SMILES string of the molecule is CC(c1[c]cccc1)C(C)(C)C. The van der Waals surface area contributed by atoms with Crippen LogP contribution in [0, 0.1) is 11.5 Å². The highest BCUT2D eigenvalue weighted by Gasteiger charge is 2.20. The summed E-state index contributed by atoms with van der Waals surface area (Å²) < 4.78 is 0. The van der Waals surface area contributed by atoms with E-state index in [4.69, 9.17) is 0 Å². The summed E-state index contributed by atoms with van der Waals surface area (Å²) in [5.74, 6) is 0.568. The number of benzene rings is 1. The third-order valence-electron chi connectivity index (χ3n) is 2.50. The van der Waals surface area contributed by atoms with E-state index in [0.29, 0.717) is 11.3 Å². The Kier molecular flexibility index (Phi) is 2.56. The van der Waals surface area contributed by atoms with Crippen molar-refractivity contribution in [2.45, 2.75) is 33.6 Å². The molecule has 0 heterocycles. The van der Waals surface area contributed by atoms with Crippen LogP contribution in [0.1, 0.15) is 39.2 Å². The summed E-state index contributed by atoms with van der Waals surface area (Å²) in [6, 6.07) is 11.5. The summed E-state index contributed by atoms with van der Waals surface area (Å²) in [5, 5.41) is 0. The van der Waals surface area contributed by atoms with Crippen molar-refractivity contribution in [1.29, 1.82) is 0 Å². The molecule has 0 saturated heterocycles. The Labute approximate surface area is 75.6 Å². The Bertz CT molecular complexity index is 228. The van der Waals surface area contributed by atoms with E-state index in [9.17, 15) is 0 Å². The minimum atomic E-state index is 0.331. The largest absolute Gasteiger partial charge is 0.0619 e. The van der Waals surface area contributed by atoms with Gasteiger partial charge in [-0.15, -0.1) is 0 Å². The van der Waals surface area contributed by atoms with E-state index in [1.165, 1.54) is 5.56 Å². The molecular weight excluding hydrogens is 144 g/mol. The normalized spacial score (nSPS) is 14.3. The summed E-state index contributed by atoms with van der Waals surface area (Å²) in [4.78, 5) is 0. The molecule has 0 aromatic heterocycles. The van der Waals surface area contributed by atoms with Crippen molar-refractivity contribution in [2.24, 2.45) is 5.41 Å². The number of hydrogen-bond donors (Lipinski definition) is 0. The van der Waals surface area contributed by atoms with Crippen LogP contribution in [-0.4, -0.2) is 0 Å². The first kappa shape index (κ1) is 9.31. The molecule has 0 aliphatic rings. The molecule has 0 aliphatic heterocycles. The molecular formula is C12H17. The molecule has 0 saturated carbocycles. The average molecular weight is 161 g/mol. The third kappa shape index (κ3) is 2.10. The van der Waals surface area contributed by atoms with Crippen LogP contribution in [0.15, 0.2) is 24.3 Å². The number of rotatable bonds is 1. The molecule has 1 aromatic carbocycles. The van der Waals surface area contributed by atoms with Gasteiger partial charge in [0, 0.05) is 0 Å². The van der Waals surface area contributed by atoms with Gasteiger partial charge in [0.2, 0.25) is 0 Å². The Morgan fingerprint density at radius 1 is 1.25 bits per heavy atom. The van der Waals surface area contributed by atoms with Crippen molar-refractivity contribution < 1.29 is 0 Å². The van der Waals surface area contributed by atoms with Crippen LogP contribution in [-0.2, 0) is 0 Å². The van der Waals surface area contributed by atoms with Gasteiger partial charge in [-0.3, -0.25) is 0 Å². The Morgan fingerprint density at radius 2 is 1.92 bits per heavy atom. The van der Waals surface area contributed by atoms with Crippen LogP contribution in [0.4, 0.5) is 0 Å². The third-order valence-corrected chi connectivity index (χ3v) is 2.50. The van der Waals surface area contributed by atoms with E-state index >= 15 is 0 Å². The summed E-state index contributed by atoms with van der Waals surface area (Å²) in [6.07, 6.45) is 0. The topological polar surface area (TPSA) is 0 Å². The van der Waals surface area contributed by atoms with Crippen molar-refractivity contribution >= 4 is 0 Å². The standard InChI is InChI=1S/C12H17/c1-10(12(2,3)4)11-8-6-5-7-9-11/h5-8,10H,1-4H3. The fourth-order valence-electron chi connectivity index (χ4n) is 1.14. The molecule has 0 fully saturated rings. The lowest BCUT2D eigenvalue weighted by Crippen LogP contribution is -2.15. The van der Waals surface area contributed by atoms with Gasteiger partial charge in [0.05, 0.1) is 0 Å². The summed E-state index contributed by atoms with van der Waals surface area (Å²) in [5.41, 5.74) is 1.64. The summed E-state index contributed by atoms with van der Waals surface area (Å²) in [7, 11) is 0. The molecule has 0 nitrogen and oxygen atoms in total. The maximum absolute atomic E-state index is 3.27. The van der Waals surface area contributed by atoms with Crippen molar-refractivity contribution in [1.82, 2.24) is 0 Å². The van der Waals surface area contributed by atoms with Crippen LogP contribution >= 0.6 is 0 Å². The smallest absolute Gasteiger partial charge is 0.0135 e. The Morgan fingerprint density at radius 3 is 2.33 bits per heavy atom. The monoisotopic (exact) mass is 161 g/mol. The fourth-order valence-corrected chi connectivity index (χ4v) is 1.14. The second-order valence-corrected chi connectivity index (χ2v) is 4.41. The molecule has 1 unspecified atom stereocenters. The van der Waals surface area contributed by atoms with Crippen molar-refractivity contribution in [3.05, 3.63) is 35.9 Å². The van der Waals surface area contributed by atoms with Gasteiger partial charge >= 0.3 is 0 Å². The van der Waals surface area contributed by atoms with E-state index in [1.807, 2.05) is 12.1 Å². The van der Waals surface area contributed by atoms with Crippen LogP contribution < -0.4 is 0 Å². The van der Waals surface area contributed by atoms with Gasteiger partial charge in [-0.25, -0.2) is 0 Å². The van der Waals surface area contributed by atoms with Crippen LogP contribution in [0.5, 0.6) is 0 Å². The molecule has 1 atom stereocenters. The maximum Gasteiger partial charge on any atom is -0.0135 e. The van der Waals surface area contributed by atoms with Crippen LogP contribution in [0.3, 0.4) is 0 Å². The maximum atomic E-state index is 3.27. The predicted molar refractivity (Wildman–Crippen MR) is 53.1 cm³/mol. The highest BCUT2D eigenvalue weighted by Crippen LogP contribution is 2.33. The first-order valence-corrected chi connectivity index (χ1v) is 4.48. The van der Waals surface area contributed by atoms with Gasteiger partial charge in [0.1, 0.15) is 0 Å². The Balaban J connectivity index is 2.86. The van der Waals surface area contributed by atoms with E-state index in [0.717, 1.165) is 0 Å². The average Bonchev–Trinajstić information content (AvgIpc) is 2.03. The molecule has 0 N–H and O–H groups in total. The first-order valence-electron chi connectivity index (χ1n) is 4.48. The Hall–Kier alpha value is -0.780. The van der Waals surface area contributed by atoms with E-state index in [2.05, 4.69) is 45.9 Å². The lowest BCUT2D eigenvalue weighted by Gasteiger charge is -2.27. The zero-order valence-electron chi connectivity index (χ0n) is 8.39. The summed E-state index contributed by atoms with van der Waals surface area (Å²) in [6.45, 7) is 9.04. The van der Waals surface area contributed by atoms with Gasteiger partial charge in [0.25, 0.3) is 0 Å². The predicted octanol–water partition coefficient (Wildman–Crippen LogP) is 3.64. The molecule has 1 aromatic rings. The van der Waals surface area contributed by atoms with Crippen LogP contribution in [0.25, 0.3) is 0 Å². The molecule has 1 radical (unpaired) electrons. The lowest BCUT2D eigenvalue weighted by molar-refractivity contribution is 0.339. The molecule has 0 heteroatoms. The van der Waals surface area contributed by atoms with Crippen molar-refractivity contribution in [3.8, 4) is 0 Å². The van der Waals surface area contributed by atoms with E-state index in [-0.39, 0.29) is 0 Å². The van der Waals surface area contributed by atoms with Gasteiger partial charge in [0.15, 0.2) is 0 Å². The first-order chi connectivity index (χ1) is 5.52. The molecule has 1 rings (SSSR count). The van der Waals surface area contributed by atoms with E-state index in [1.54, 1.807) is 0 Å². The minimum Gasteiger partial charge on any atom is -0.0619 e. The second-order valence-electron chi connectivity index (χ2n) is 4.41. The molecule has 65 valence electrons. The van der Waals surface area contributed by atoms with Gasteiger partial charge < -0.3 is 0 Å². The van der Waals surface area contributed by atoms with Crippen LogP contribution in [0.2, 0.25) is 0 Å². The minimum absolute atomic E-state index is 0.331. The highest BCUT2D eigenvalue weighted by molar-refractivity contribution is 5.18. The molecule has 0 spiro atoms. The van der Waals surface area contributed by atoms with Crippen molar-refractivity contribution in [2.75, 3.05) is 0 Å². The molecule has 0 bridgehead atoms.